The van der Waals surface area contributed by atoms with E-state index in [1.54, 1.807) is 18.2 Å². The fourth-order valence-corrected chi connectivity index (χ4v) is 2.21. The van der Waals surface area contributed by atoms with Gasteiger partial charge in [-0.25, -0.2) is 4.79 Å². The highest BCUT2D eigenvalue weighted by molar-refractivity contribution is 5.90. The molecule has 0 heterocycles. The van der Waals surface area contributed by atoms with Crippen molar-refractivity contribution in [3.8, 4) is 23.0 Å². The Labute approximate surface area is 149 Å². The quantitative estimate of drug-likeness (QED) is 0.663. The Morgan fingerprint density at radius 2 is 1.62 bits per heavy atom. The van der Waals surface area contributed by atoms with Crippen molar-refractivity contribution < 1.29 is 37.3 Å². The number of alkyl halides is 2. The van der Waals surface area contributed by atoms with Crippen molar-refractivity contribution in [1.29, 1.82) is 0 Å². The van der Waals surface area contributed by atoms with Gasteiger partial charge in [-0.3, -0.25) is 0 Å². The molecule has 0 unspecified atom stereocenters. The monoisotopic (exact) mass is 368 g/mol. The fourth-order valence-electron chi connectivity index (χ4n) is 2.21. The molecular formula is C18H18F2O6. The number of benzene rings is 2. The first-order valence-electron chi connectivity index (χ1n) is 7.49. The van der Waals surface area contributed by atoms with Crippen LogP contribution < -0.4 is 18.9 Å². The minimum atomic E-state index is -3.00. The minimum absolute atomic E-state index is 0.00119. The van der Waals surface area contributed by atoms with Crippen LogP contribution in [0.3, 0.4) is 0 Å². The first-order valence-corrected chi connectivity index (χ1v) is 7.49. The van der Waals surface area contributed by atoms with Gasteiger partial charge in [0, 0.05) is 5.56 Å². The highest BCUT2D eigenvalue weighted by Crippen LogP contribution is 2.30. The van der Waals surface area contributed by atoms with E-state index in [4.69, 9.17) is 18.9 Å². The van der Waals surface area contributed by atoms with Crippen LogP contribution in [0.1, 0.15) is 15.9 Å². The van der Waals surface area contributed by atoms with Crippen LogP contribution in [0.15, 0.2) is 36.4 Å². The average molecular weight is 368 g/mol. The van der Waals surface area contributed by atoms with Gasteiger partial charge < -0.3 is 23.7 Å². The summed E-state index contributed by atoms with van der Waals surface area (Å²) in [5, 5.41) is 0. The molecule has 0 saturated carbocycles. The van der Waals surface area contributed by atoms with E-state index in [1.807, 2.05) is 0 Å². The number of halogens is 2. The van der Waals surface area contributed by atoms with E-state index in [1.165, 1.54) is 39.5 Å². The molecule has 0 aliphatic rings. The first kappa shape index (κ1) is 19.3. The molecule has 0 bridgehead atoms. The third-order valence-corrected chi connectivity index (χ3v) is 3.46. The molecule has 0 saturated heterocycles. The molecule has 8 heteroatoms. The largest absolute Gasteiger partial charge is 0.497 e. The van der Waals surface area contributed by atoms with Crippen LogP contribution in [-0.2, 0) is 11.3 Å². The summed E-state index contributed by atoms with van der Waals surface area (Å²) in [6.45, 7) is -3.06. The number of methoxy groups -OCH3 is 3. The summed E-state index contributed by atoms with van der Waals surface area (Å²) >= 11 is 0. The predicted molar refractivity (Wildman–Crippen MR) is 88.3 cm³/mol. The average Bonchev–Trinajstić information content (AvgIpc) is 2.65. The van der Waals surface area contributed by atoms with Crippen LogP contribution in [0.5, 0.6) is 23.0 Å². The number of hydrogen-bond acceptors (Lipinski definition) is 6. The van der Waals surface area contributed by atoms with Crippen molar-refractivity contribution in [2.45, 2.75) is 13.2 Å². The zero-order valence-electron chi connectivity index (χ0n) is 14.5. The van der Waals surface area contributed by atoms with Gasteiger partial charge in [-0.15, -0.1) is 0 Å². The Bertz CT molecular complexity index is 763. The smallest absolute Gasteiger partial charge is 0.387 e. The van der Waals surface area contributed by atoms with Gasteiger partial charge in [0.1, 0.15) is 18.1 Å². The lowest BCUT2D eigenvalue weighted by Gasteiger charge is -2.13. The fraction of sp³-hybridized carbons (Fsp3) is 0.278. The van der Waals surface area contributed by atoms with E-state index >= 15 is 0 Å². The molecule has 6 nitrogen and oxygen atoms in total. The zero-order valence-corrected chi connectivity index (χ0v) is 14.5. The summed E-state index contributed by atoms with van der Waals surface area (Å²) in [7, 11) is 4.30. The van der Waals surface area contributed by atoms with E-state index in [0.717, 1.165) is 0 Å². The van der Waals surface area contributed by atoms with Crippen molar-refractivity contribution in [2.75, 3.05) is 21.3 Å². The second-order valence-electron chi connectivity index (χ2n) is 5.00. The van der Waals surface area contributed by atoms with Crippen molar-refractivity contribution in [1.82, 2.24) is 0 Å². The third-order valence-electron chi connectivity index (χ3n) is 3.46. The van der Waals surface area contributed by atoms with Crippen LogP contribution in [0, 0.1) is 0 Å². The highest BCUT2D eigenvalue weighted by atomic mass is 19.3. The van der Waals surface area contributed by atoms with Crippen molar-refractivity contribution in [2.24, 2.45) is 0 Å². The number of ether oxygens (including phenoxy) is 5. The maximum absolute atomic E-state index is 12.3. The van der Waals surface area contributed by atoms with Crippen molar-refractivity contribution in [3.63, 3.8) is 0 Å². The van der Waals surface area contributed by atoms with Crippen LogP contribution in [-0.4, -0.2) is 33.9 Å². The molecule has 0 atom stereocenters. The number of carbonyl (C=O) groups excluding carboxylic acids is 1. The standard InChI is InChI=1S/C18H18F2O6/c1-22-13-5-7-14(23-2)12(8-13)10-25-17(21)11-4-6-15(26-18(19)20)16(9-11)24-3/h4-9,18H,10H2,1-3H3. The van der Waals surface area contributed by atoms with E-state index in [-0.39, 0.29) is 23.7 Å². The maximum Gasteiger partial charge on any atom is 0.387 e. The molecule has 0 amide bonds. The van der Waals surface area contributed by atoms with Crippen molar-refractivity contribution >= 4 is 5.97 Å². The minimum Gasteiger partial charge on any atom is -0.497 e. The van der Waals surface area contributed by atoms with Crippen LogP contribution >= 0.6 is 0 Å². The number of carbonyl (C=O) groups is 1. The van der Waals surface area contributed by atoms with E-state index in [2.05, 4.69) is 4.74 Å². The van der Waals surface area contributed by atoms with Gasteiger partial charge >= 0.3 is 12.6 Å². The molecule has 26 heavy (non-hydrogen) atoms. The Morgan fingerprint density at radius 1 is 0.923 bits per heavy atom. The van der Waals surface area contributed by atoms with Crippen LogP contribution in [0.2, 0.25) is 0 Å². The molecule has 0 spiro atoms. The summed E-state index contributed by atoms with van der Waals surface area (Å²) in [6, 6.07) is 8.90. The molecule has 0 radical (unpaired) electrons. The van der Waals surface area contributed by atoms with Gasteiger partial charge in [0.15, 0.2) is 11.5 Å². The first-order chi connectivity index (χ1) is 12.5. The topological polar surface area (TPSA) is 63.2 Å². The summed E-state index contributed by atoms with van der Waals surface area (Å²) in [5.41, 5.74) is 0.746. The Balaban J connectivity index is 2.13. The van der Waals surface area contributed by atoms with Crippen LogP contribution in [0.4, 0.5) is 8.78 Å². The molecule has 0 fully saturated rings. The van der Waals surface area contributed by atoms with Gasteiger partial charge in [-0.2, -0.15) is 8.78 Å². The third kappa shape index (κ3) is 4.75. The van der Waals surface area contributed by atoms with Crippen LogP contribution in [0.25, 0.3) is 0 Å². The maximum atomic E-state index is 12.3. The number of esters is 1. The predicted octanol–water partition coefficient (Wildman–Crippen LogP) is 3.67. The Morgan fingerprint density at radius 3 is 2.23 bits per heavy atom. The lowest BCUT2D eigenvalue weighted by molar-refractivity contribution is -0.0512. The second kappa shape index (κ2) is 8.89. The van der Waals surface area contributed by atoms with Gasteiger partial charge in [-0.1, -0.05) is 0 Å². The molecule has 2 rings (SSSR count). The summed E-state index contributed by atoms with van der Waals surface area (Å²) < 4.78 is 49.6. The van der Waals surface area contributed by atoms with Gasteiger partial charge in [0.05, 0.1) is 26.9 Å². The summed E-state index contributed by atoms with van der Waals surface area (Å²) in [6.07, 6.45) is 0. The molecule has 0 aliphatic heterocycles. The molecule has 0 aliphatic carbocycles. The van der Waals surface area contributed by atoms with Gasteiger partial charge in [-0.05, 0) is 36.4 Å². The van der Waals surface area contributed by atoms with Crippen molar-refractivity contribution in [3.05, 3.63) is 47.5 Å². The van der Waals surface area contributed by atoms with Gasteiger partial charge in [0.25, 0.3) is 0 Å². The number of hydrogen-bond donors (Lipinski definition) is 0. The lowest BCUT2D eigenvalue weighted by Crippen LogP contribution is -2.08. The Kier molecular flexibility index (Phi) is 6.60. The Hall–Kier alpha value is -3.03. The summed E-state index contributed by atoms with van der Waals surface area (Å²) in [4.78, 5) is 12.2. The van der Waals surface area contributed by atoms with Gasteiger partial charge in [0.2, 0.25) is 0 Å². The second-order valence-corrected chi connectivity index (χ2v) is 5.00. The molecule has 0 N–H and O–H groups in total. The molecule has 140 valence electrons. The normalized spacial score (nSPS) is 10.4. The molecule has 0 aromatic heterocycles. The van der Waals surface area contributed by atoms with E-state index in [0.29, 0.717) is 17.1 Å². The molecule has 2 aromatic rings. The highest BCUT2D eigenvalue weighted by Gasteiger charge is 2.16. The van der Waals surface area contributed by atoms with E-state index < -0.39 is 12.6 Å². The molecular weight excluding hydrogens is 350 g/mol. The lowest BCUT2D eigenvalue weighted by atomic mass is 10.2. The molecule has 2 aromatic carbocycles. The number of rotatable bonds is 8. The zero-order chi connectivity index (χ0) is 19.1. The van der Waals surface area contributed by atoms with E-state index in [9.17, 15) is 13.6 Å². The SMILES string of the molecule is COc1ccc(OC)c(COC(=O)c2ccc(OC(F)F)c(OC)c2)c1. The summed E-state index contributed by atoms with van der Waals surface area (Å²) in [5.74, 6) is 0.299.